The molecule has 0 unspecified atom stereocenters. The number of benzene rings is 2. The van der Waals surface area contributed by atoms with Crippen LogP contribution in [0.5, 0.6) is 5.75 Å². The van der Waals surface area contributed by atoms with Crippen molar-refractivity contribution in [2.75, 3.05) is 7.11 Å². The van der Waals surface area contributed by atoms with Gasteiger partial charge in [-0.05, 0) is 23.8 Å². The second kappa shape index (κ2) is 7.73. The number of hydrogen-bond acceptors (Lipinski definition) is 5. The van der Waals surface area contributed by atoms with Crippen LogP contribution in [0.1, 0.15) is 26.3 Å². The molecule has 122 valence electrons. The highest BCUT2D eigenvalue weighted by Gasteiger charge is 2.15. The Labute approximate surface area is 138 Å². The fraction of sp³-hybridized carbons (Fsp3) is 0.0556. The number of allylic oxidation sites excluding steroid dienone is 1. The quantitative estimate of drug-likeness (QED) is 0.518. The predicted octanol–water partition coefficient (Wildman–Crippen LogP) is 2.83. The van der Waals surface area contributed by atoms with Crippen molar-refractivity contribution < 1.29 is 23.9 Å². The molecule has 0 fully saturated rings. The van der Waals surface area contributed by atoms with Crippen molar-refractivity contribution in [2.45, 2.75) is 0 Å². The highest BCUT2D eigenvalue weighted by Crippen LogP contribution is 2.22. The van der Waals surface area contributed by atoms with Gasteiger partial charge in [0.25, 0.3) is 0 Å². The van der Waals surface area contributed by atoms with E-state index in [1.807, 2.05) is 6.07 Å². The van der Waals surface area contributed by atoms with Gasteiger partial charge in [0.05, 0.1) is 7.11 Å². The van der Waals surface area contributed by atoms with Crippen LogP contribution in [0, 0.1) is 0 Å². The number of carbonyl (C=O) groups excluding carboxylic acids is 3. The highest BCUT2D eigenvalue weighted by atomic mass is 16.6. The van der Waals surface area contributed by atoms with Crippen LogP contribution in [-0.4, -0.2) is 25.0 Å². The van der Waals surface area contributed by atoms with Crippen molar-refractivity contribution in [1.82, 2.24) is 0 Å². The highest BCUT2D eigenvalue weighted by molar-refractivity contribution is 6.07. The van der Waals surface area contributed by atoms with E-state index in [1.54, 1.807) is 36.4 Å². The molecule has 0 heterocycles. The minimum Gasteiger partial charge on any atom is -0.465 e. The minimum atomic E-state index is -1.04. The second-order valence-electron chi connectivity index (χ2n) is 4.73. The molecule has 24 heavy (non-hydrogen) atoms. The maximum Gasteiger partial charge on any atom is 0.409 e. The SMILES string of the molecule is COC(=O)c1cc(/C=C/C(=O)c2ccccc2)ccc1OC(N)=O. The number of nitrogens with two attached hydrogens (primary N) is 1. The third-order valence-electron chi connectivity index (χ3n) is 3.10. The van der Waals surface area contributed by atoms with Gasteiger partial charge in [-0.25, -0.2) is 9.59 Å². The van der Waals surface area contributed by atoms with E-state index in [4.69, 9.17) is 10.5 Å². The number of carbonyl (C=O) groups is 3. The molecule has 2 aromatic rings. The Morgan fingerprint density at radius 2 is 1.75 bits per heavy atom. The summed E-state index contributed by atoms with van der Waals surface area (Å²) < 4.78 is 9.41. The molecule has 0 spiro atoms. The molecule has 6 nitrogen and oxygen atoms in total. The molecule has 0 aliphatic heterocycles. The zero-order valence-corrected chi connectivity index (χ0v) is 12.9. The van der Waals surface area contributed by atoms with Crippen LogP contribution in [0.4, 0.5) is 4.79 Å². The van der Waals surface area contributed by atoms with Crippen molar-refractivity contribution >= 4 is 23.9 Å². The Balaban J connectivity index is 2.27. The number of ether oxygens (including phenoxy) is 2. The molecule has 0 aromatic heterocycles. The van der Waals surface area contributed by atoms with Gasteiger partial charge in [-0.15, -0.1) is 0 Å². The predicted molar refractivity (Wildman–Crippen MR) is 87.8 cm³/mol. The first-order valence-electron chi connectivity index (χ1n) is 6.98. The zero-order valence-electron chi connectivity index (χ0n) is 12.9. The van der Waals surface area contributed by atoms with Gasteiger partial charge >= 0.3 is 12.1 Å². The number of amides is 1. The summed E-state index contributed by atoms with van der Waals surface area (Å²) in [5.41, 5.74) is 6.11. The molecule has 0 aliphatic carbocycles. The molecule has 0 atom stereocenters. The van der Waals surface area contributed by atoms with Gasteiger partial charge in [0, 0.05) is 5.56 Å². The molecule has 0 saturated heterocycles. The van der Waals surface area contributed by atoms with Crippen LogP contribution < -0.4 is 10.5 Å². The van der Waals surface area contributed by atoms with Gasteiger partial charge in [0.1, 0.15) is 11.3 Å². The lowest BCUT2D eigenvalue weighted by atomic mass is 10.1. The van der Waals surface area contributed by atoms with Crippen LogP contribution in [0.15, 0.2) is 54.6 Å². The third-order valence-corrected chi connectivity index (χ3v) is 3.10. The average molecular weight is 325 g/mol. The number of hydrogen-bond donors (Lipinski definition) is 1. The monoisotopic (exact) mass is 325 g/mol. The summed E-state index contributed by atoms with van der Waals surface area (Å²) in [7, 11) is 1.21. The number of esters is 1. The van der Waals surface area contributed by atoms with Crippen LogP contribution >= 0.6 is 0 Å². The second-order valence-corrected chi connectivity index (χ2v) is 4.73. The number of rotatable bonds is 5. The van der Waals surface area contributed by atoms with Crippen molar-refractivity contribution in [3.8, 4) is 5.75 Å². The number of primary amides is 1. The standard InChI is InChI=1S/C18H15NO5/c1-23-17(21)14-11-12(8-10-16(14)24-18(19)22)7-9-15(20)13-5-3-2-4-6-13/h2-11H,1H3,(H2,19,22)/b9-7+. The molecule has 0 aliphatic rings. The zero-order chi connectivity index (χ0) is 17.5. The first-order chi connectivity index (χ1) is 11.5. The Hall–Kier alpha value is -3.41. The van der Waals surface area contributed by atoms with Gasteiger partial charge in [-0.3, -0.25) is 4.79 Å². The van der Waals surface area contributed by atoms with E-state index in [0.29, 0.717) is 11.1 Å². The van der Waals surface area contributed by atoms with Crippen molar-refractivity contribution in [3.63, 3.8) is 0 Å². The minimum absolute atomic E-state index is 0.0131. The Morgan fingerprint density at radius 1 is 1.04 bits per heavy atom. The molecule has 0 radical (unpaired) electrons. The lowest BCUT2D eigenvalue weighted by Gasteiger charge is -2.08. The smallest absolute Gasteiger partial charge is 0.409 e. The van der Waals surface area contributed by atoms with Crippen LogP contribution in [-0.2, 0) is 4.74 Å². The Kier molecular flexibility index (Phi) is 5.46. The van der Waals surface area contributed by atoms with Crippen LogP contribution in [0.3, 0.4) is 0 Å². The Morgan fingerprint density at radius 3 is 2.38 bits per heavy atom. The summed E-state index contributed by atoms with van der Waals surface area (Å²) in [6, 6.07) is 13.2. The lowest BCUT2D eigenvalue weighted by molar-refractivity contribution is 0.0598. The van der Waals surface area contributed by atoms with E-state index in [9.17, 15) is 14.4 Å². The molecule has 2 rings (SSSR count). The number of methoxy groups -OCH3 is 1. The fourth-order valence-electron chi connectivity index (χ4n) is 1.99. The van der Waals surface area contributed by atoms with E-state index >= 15 is 0 Å². The van der Waals surface area contributed by atoms with Gasteiger partial charge in [0.2, 0.25) is 0 Å². The van der Waals surface area contributed by atoms with E-state index in [0.717, 1.165) is 0 Å². The summed E-state index contributed by atoms with van der Waals surface area (Å²) in [4.78, 5) is 34.7. The molecular formula is C18H15NO5. The summed E-state index contributed by atoms with van der Waals surface area (Å²) in [5.74, 6) is -0.871. The van der Waals surface area contributed by atoms with E-state index in [2.05, 4.69) is 4.74 Å². The van der Waals surface area contributed by atoms with E-state index in [-0.39, 0.29) is 17.1 Å². The molecule has 2 aromatic carbocycles. The maximum absolute atomic E-state index is 12.0. The van der Waals surface area contributed by atoms with Crippen LogP contribution in [0.2, 0.25) is 0 Å². The van der Waals surface area contributed by atoms with Gasteiger partial charge in [0.15, 0.2) is 5.78 Å². The average Bonchev–Trinajstić information content (AvgIpc) is 2.60. The molecule has 0 bridgehead atoms. The summed E-state index contributed by atoms with van der Waals surface area (Å²) in [6.45, 7) is 0. The van der Waals surface area contributed by atoms with Crippen LogP contribution in [0.25, 0.3) is 6.08 Å². The fourth-order valence-corrected chi connectivity index (χ4v) is 1.99. The molecule has 1 amide bonds. The van der Waals surface area contributed by atoms with E-state index in [1.165, 1.54) is 25.3 Å². The largest absolute Gasteiger partial charge is 0.465 e. The number of ketones is 1. The summed E-state index contributed by atoms with van der Waals surface area (Å²) in [5, 5.41) is 0. The third kappa shape index (κ3) is 4.30. The molecular weight excluding hydrogens is 310 g/mol. The molecule has 0 saturated carbocycles. The molecule has 6 heteroatoms. The Bertz CT molecular complexity index is 796. The normalized spacial score (nSPS) is 10.4. The summed E-state index contributed by atoms with van der Waals surface area (Å²) in [6.07, 6.45) is 1.90. The first-order valence-corrected chi connectivity index (χ1v) is 6.98. The van der Waals surface area contributed by atoms with Crippen molar-refractivity contribution in [3.05, 3.63) is 71.3 Å². The summed E-state index contributed by atoms with van der Waals surface area (Å²) >= 11 is 0. The molecule has 2 N–H and O–H groups in total. The van der Waals surface area contributed by atoms with Gasteiger partial charge in [-0.1, -0.05) is 42.5 Å². The van der Waals surface area contributed by atoms with Crippen molar-refractivity contribution in [2.24, 2.45) is 5.73 Å². The van der Waals surface area contributed by atoms with Crippen molar-refractivity contribution in [1.29, 1.82) is 0 Å². The lowest BCUT2D eigenvalue weighted by Crippen LogP contribution is -2.18. The van der Waals surface area contributed by atoms with Gasteiger partial charge < -0.3 is 15.2 Å². The van der Waals surface area contributed by atoms with E-state index < -0.39 is 12.1 Å². The topological polar surface area (TPSA) is 95.7 Å². The van der Waals surface area contributed by atoms with Gasteiger partial charge in [-0.2, -0.15) is 0 Å². The first kappa shape index (κ1) is 17.0. The maximum atomic E-state index is 12.0.